The number of anilines is 1. The Labute approximate surface area is 95.7 Å². The summed E-state index contributed by atoms with van der Waals surface area (Å²) < 4.78 is 13.1. The Morgan fingerprint density at radius 2 is 2.19 bits per heavy atom. The molecule has 2 rings (SSSR count). The van der Waals surface area contributed by atoms with Crippen LogP contribution in [0.15, 0.2) is 18.2 Å². The van der Waals surface area contributed by atoms with Crippen molar-refractivity contribution in [3.8, 4) is 0 Å². The minimum atomic E-state index is -0.772. The Morgan fingerprint density at radius 1 is 1.50 bits per heavy atom. The minimum absolute atomic E-state index is 0.0364. The number of nitrogens with zero attached hydrogens (tertiary/aromatic N) is 1. The summed E-state index contributed by atoms with van der Waals surface area (Å²) in [5.74, 6) is -0.203. The Kier molecular flexibility index (Phi) is 2.66. The van der Waals surface area contributed by atoms with E-state index in [4.69, 9.17) is 0 Å². The molecule has 1 heterocycles. The summed E-state index contributed by atoms with van der Waals surface area (Å²) in [4.78, 5) is 2.15. The summed E-state index contributed by atoms with van der Waals surface area (Å²) in [6, 6.07) is 4.90. The molecule has 0 saturated heterocycles. The molecule has 1 N–H and O–H groups in total. The lowest BCUT2D eigenvalue weighted by molar-refractivity contribution is 0.0520. The quantitative estimate of drug-likeness (QED) is 0.832. The number of likely N-dealkylation sites (N-methyl/N-ethyl adjacent to an activating group) is 1. The number of hydrogen-bond donors (Lipinski definition) is 1. The van der Waals surface area contributed by atoms with Crippen molar-refractivity contribution in [2.75, 3.05) is 11.4 Å². The average molecular weight is 223 g/mol. The molecule has 1 aromatic carbocycles. The summed E-state index contributed by atoms with van der Waals surface area (Å²) in [5, 5.41) is 10.1. The van der Waals surface area contributed by atoms with Gasteiger partial charge in [0.05, 0.1) is 11.6 Å². The van der Waals surface area contributed by atoms with Crippen LogP contribution in [-0.2, 0) is 6.42 Å². The van der Waals surface area contributed by atoms with Gasteiger partial charge in [-0.2, -0.15) is 0 Å². The first-order valence-corrected chi connectivity index (χ1v) is 5.71. The fourth-order valence-electron chi connectivity index (χ4n) is 2.51. The fourth-order valence-corrected chi connectivity index (χ4v) is 2.51. The van der Waals surface area contributed by atoms with Gasteiger partial charge in [0.1, 0.15) is 5.82 Å². The molecular weight excluding hydrogens is 205 g/mol. The maximum absolute atomic E-state index is 13.1. The van der Waals surface area contributed by atoms with E-state index in [2.05, 4.69) is 11.8 Å². The molecule has 0 aliphatic carbocycles. The van der Waals surface area contributed by atoms with Crippen molar-refractivity contribution in [1.29, 1.82) is 0 Å². The van der Waals surface area contributed by atoms with E-state index in [1.807, 2.05) is 13.8 Å². The van der Waals surface area contributed by atoms with Gasteiger partial charge in [0.15, 0.2) is 0 Å². The van der Waals surface area contributed by atoms with Gasteiger partial charge in [-0.3, -0.25) is 0 Å². The van der Waals surface area contributed by atoms with Crippen LogP contribution in [0.4, 0.5) is 10.1 Å². The molecule has 1 aromatic rings. The second kappa shape index (κ2) is 3.74. The molecule has 1 aliphatic heterocycles. The van der Waals surface area contributed by atoms with E-state index in [9.17, 15) is 9.50 Å². The summed E-state index contributed by atoms with van der Waals surface area (Å²) >= 11 is 0. The van der Waals surface area contributed by atoms with Gasteiger partial charge >= 0.3 is 0 Å². The number of fused-ring (bicyclic) bond motifs is 1. The van der Waals surface area contributed by atoms with Gasteiger partial charge in [0.25, 0.3) is 0 Å². The molecule has 0 amide bonds. The Morgan fingerprint density at radius 3 is 2.75 bits per heavy atom. The van der Waals surface area contributed by atoms with Crippen LogP contribution in [0.3, 0.4) is 0 Å². The Bertz CT molecular complexity index is 397. The van der Waals surface area contributed by atoms with Crippen molar-refractivity contribution in [2.45, 2.75) is 38.8 Å². The normalized spacial score (nSPS) is 20.1. The highest BCUT2D eigenvalue weighted by molar-refractivity contribution is 5.60. The number of benzene rings is 1. The van der Waals surface area contributed by atoms with Crippen molar-refractivity contribution in [3.63, 3.8) is 0 Å². The molecule has 3 heteroatoms. The highest BCUT2D eigenvalue weighted by Gasteiger charge is 2.37. The lowest BCUT2D eigenvalue weighted by Gasteiger charge is -2.34. The van der Waals surface area contributed by atoms with Crippen molar-refractivity contribution in [1.82, 2.24) is 0 Å². The van der Waals surface area contributed by atoms with Crippen LogP contribution in [0, 0.1) is 5.82 Å². The van der Waals surface area contributed by atoms with Gasteiger partial charge < -0.3 is 10.0 Å². The predicted molar refractivity (Wildman–Crippen MR) is 63.2 cm³/mol. The van der Waals surface area contributed by atoms with E-state index in [1.54, 1.807) is 12.1 Å². The SMILES string of the molecule is CCN1c2ccc(F)cc2CC1C(C)(C)O. The third kappa shape index (κ3) is 1.80. The van der Waals surface area contributed by atoms with Crippen molar-refractivity contribution < 1.29 is 9.50 Å². The maximum Gasteiger partial charge on any atom is 0.123 e. The molecule has 0 spiro atoms. The Hall–Kier alpha value is -1.09. The molecule has 88 valence electrons. The third-order valence-corrected chi connectivity index (χ3v) is 3.30. The number of hydrogen-bond acceptors (Lipinski definition) is 2. The predicted octanol–water partition coefficient (Wildman–Crippen LogP) is 2.35. The zero-order chi connectivity index (χ0) is 11.9. The van der Waals surface area contributed by atoms with E-state index in [1.165, 1.54) is 6.07 Å². The van der Waals surface area contributed by atoms with Crippen LogP contribution in [0.2, 0.25) is 0 Å². The monoisotopic (exact) mass is 223 g/mol. The molecule has 0 radical (unpaired) electrons. The zero-order valence-corrected chi connectivity index (χ0v) is 10.00. The van der Waals surface area contributed by atoms with Gasteiger partial charge in [-0.15, -0.1) is 0 Å². The summed E-state index contributed by atoms with van der Waals surface area (Å²) in [5.41, 5.74) is 1.27. The van der Waals surface area contributed by atoms with Crippen molar-refractivity contribution in [2.24, 2.45) is 0 Å². The minimum Gasteiger partial charge on any atom is -0.388 e. The van der Waals surface area contributed by atoms with Gasteiger partial charge in [-0.1, -0.05) is 0 Å². The third-order valence-electron chi connectivity index (χ3n) is 3.30. The summed E-state index contributed by atoms with van der Waals surface area (Å²) in [6.45, 7) is 6.50. The lowest BCUT2D eigenvalue weighted by Crippen LogP contribution is -2.47. The fraction of sp³-hybridized carbons (Fsp3) is 0.538. The van der Waals surface area contributed by atoms with E-state index in [-0.39, 0.29) is 11.9 Å². The van der Waals surface area contributed by atoms with Crippen molar-refractivity contribution >= 4 is 5.69 Å². The van der Waals surface area contributed by atoms with E-state index in [0.29, 0.717) is 6.42 Å². The van der Waals surface area contributed by atoms with Crippen LogP contribution in [0.1, 0.15) is 26.3 Å². The largest absolute Gasteiger partial charge is 0.388 e. The average Bonchev–Trinajstić information content (AvgIpc) is 2.54. The molecule has 0 saturated carbocycles. The van der Waals surface area contributed by atoms with Crippen LogP contribution < -0.4 is 4.90 Å². The molecule has 0 fully saturated rings. The first-order chi connectivity index (χ1) is 7.43. The smallest absolute Gasteiger partial charge is 0.123 e. The van der Waals surface area contributed by atoms with E-state index >= 15 is 0 Å². The van der Waals surface area contributed by atoms with Crippen LogP contribution >= 0.6 is 0 Å². The van der Waals surface area contributed by atoms with Gasteiger partial charge in [0.2, 0.25) is 0 Å². The second-order valence-electron chi connectivity index (χ2n) is 4.93. The summed E-state index contributed by atoms with van der Waals surface area (Å²) in [6.07, 6.45) is 0.713. The summed E-state index contributed by atoms with van der Waals surface area (Å²) in [7, 11) is 0. The molecule has 16 heavy (non-hydrogen) atoms. The molecule has 0 bridgehead atoms. The van der Waals surface area contributed by atoms with Gasteiger partial charge in [0, 0.05) is 12.2 Å². The topological polar surface area (TPSA) is 23.5 Å². The molecule has 2 nitrogen and oxygen atoms in total. The first-order valence-electron chi connectivity index (χ1n) is 5.71. The van der Waals surface area contributed by atoms with E-state index in [0.717, 1.165) is 17.8 Å². The van der Waals surface area contributed by atoms with Crippen LogP contribution in [0.25, 0.3) is 0 Å². The zero-order valence-electron chi connectivity index (χ0n) is 10.00. The lowest BCUT2D eigenvalue weighted by atomic mass is 9.95. The van der Waals surface area contributed by atoms with Gasteiger partial charge in [-0.25, -0.2) is 4.39 Å². The molecule has 1 unspecified atom stereocenters. The second-order valence-corrected chi connectivity index (χ2v) is 4.93. The van der Waals surface area contributed by atoms with Gasteiger partial charge in [-0.05, 0) is 51.0 Å². The Balaban J connectivity index is 2.40. The molecular formula is C13H18FNO. The number of rotatable bonds is 2. The number of aliphatic hydroxyl groups is 1. The van der Waals surface area contributed by atoms with Crippen LogP contribution in [0.5, 0.6) is 0 Å². The molecule has 0 aromatic heterocycles. The standard InChI is InChI=1S/C13H18FNO/c1-4-15-11-6-5-10(14)7-9(11)8-12(15)13(2,3)16/h5-7,12,16H,4,8H2,1-3H3. The molecule has 1 aliphatic rings. The first kappa shape index (κ1) is 11.4. The highest BCUT2D eigenvalue weighted by atomic mass is 19.1. The number of halogens is 1. The van der Waals surface area contributed by atoms with Crippen LogP contribution in [-0.4, -0.2) is 23.3 Å². The van der Waals surface area contributed by atoms with Crippen molar-refractivity contribution in [3.05, 3.63) is 29.6 Å². The van der Waals surface area contributed by atoms with E-state index < -0.39 is 5.60 Å². The molecule has 1 atom stereocenters. The highest BCUT2D eigenvalue weighted by Crippen LogP contribution is 2.36. The maximum atomic E-state index is 13.1.